The third kappa shape index (κ3) is 3.27. The summed E-state index contributed by atoms with van der Waals surface area (Å²) in [5, 5.41) is 5.65. The Balaban J connectivity index is 1.70. The zero-order valence-corrected chi connectivity index (χ0v) is 12.5. The summed E-state index contributed by atoms with van der Waals surface area (Å²) in [6.07, 6.45) is 2.31. The van der Waals surface area contributed by atoms with E-state index < -0.39 is 0 Å². The van der Waals surface area contributed by atoms with Crippen LogP contribution in [0.25, 0.3) is 0 Å². The minimum atomic E-state index is -0.294. The van der Waals surface area contributed by atoms with Crippen LogP contribution in [-0.4, -0.2) is 30.3 Å². The molecule has 0 spiro atoms. The van der Waals surface area contributed by atoms with E-state index in [4.69, 9.17) is 0 Å². The predicted octanol–water partition coefficient (Wildman–Crippen LogP) is 1.28. The average molecular weight is 301 g/mol. The first-order chi connectivity index (χ1) is 10.5. The molecule has 1 saturated carbocycles. The molecule has 3 rings (SSSR count). The molecular formula is C16H19N3O3. The summed E-state index contributed by atoms with van der Waals surface area (Å²) in [7, 11) is 0. The van der Waals surface area contributed by atoms with Crippen LogP contribution in [0.5, 0.6) is 0 Å². The summed E-state index contributed by atoms with van der Waals surface area (Å²) >= 11 is 0. The van der Waals surface area contributed by atoms with E-state index in [1.165, 1.54) is 6.92 Å². The summed E-state index contributed by atoms with van der Waals surface area (Å²) in [6, 6.07) is 7.42. The molecule has 1 unspecified atom stereocenters. The molecule has 0 radical (unpaired) electrons. The molecule has 0 bridgehead atoms. The zero-order chi connectivity index (χ0) is 15.7. The van der Waals surface area contributed by atoms with Crippen LogP contribution in [-0.2, 0) is 14.4 Å². The Labute approximate surface area is 128 Å². The maximum Gasteiger partial charge on any atom is 0.227 e. The lowest BCUT2D eigenvalue weighted by Crippen LogP contribution is -2.34. The second-order valence-electron chi connectivity index (χ2n) is 5.92. The number of anilines is 2. The Morgan fingerprint density at radius 1 is 1.27 bits per heavy atom. The van der Waals surface area contributed by atoms with Crippen molar-refractivity contribution in [1.29, 1.82) is 0 Å². The van der Waals surface area contributed by atoms with Crippen molar-refractivity contribution >= 4 is 29.1 Å². The highest BCUT2D eigenvalue weighted by molar-refractivity contribution is 6.01. The van der Waals surface area contributed by atoms with Gasteiger partial charge in [0.15, 0.2) is 0 Å². The molecule has 3 amide bonds. The topological polar surface area (TPSA) is 78.5 Å². The van der Waals surface area contributed by atoms with Crippen LogP contribution in [0.1, 0.15) is 26.2 Å². The van der Waals surface area contributed by atoms with Crippen molar-refractivity contribution in [3.8, 4) is 0 Å². The van der Waals surface area contributed by atoms with Crippen LogP contribution in [0, 0.1) is 5.92 Å². The number of benzene rings is 1. The van der Waals surface area contributed by atoms with E-state index in [-0.39, 0.29) is 30.1 Å². The van der Waals surface area contributed by atoms with Gasteiger partial charge >= 0.3 is 0 Å². The van der Waals surface area contributed by atoms with Gasteiger partial charge in [-0.15, -0.1) is 0 Å². The Morgan fingerprint density at radius 2 is 2.05 bits per heavy atom. The van der Waals surface area contributed by atoms with Crippen molar-refractivity contribution in [2.75, 3.05) is 16.8 Å². The van der Waals surface area contributed by atoms with Crippen LogP contribution >= 0.6 is 0 Å². The molecule has 0 aromatic heterocycles. The molecule has 2 fully saturated rings. The van der Waals surface area contributed by atoms with Gasteiger partial charge in [-0.05, 0) is 31.0 Å². The average Bonchev–Trinajstić information content (AvgIpc) is 3.18. The van der Waals surface area contributed by atoms with Gasteiger partial charge in [-0.3, -0.25) is 14.4 Å². The summed E-state index contributed by atoms with van der Waals surface area (Å²) < 4.78 is 0. The van der Waals surface area contributed by atoms with Crippen LogP contribution in [0.2, 0.25) is 0 Å². The summed E-state index contributed by atoms with van der Waals surface area (Å²) in [4.78, 5) is 37.0. The second kappa shape index (κ2) is 5.79. The van der Waals surface area contributed by atoms with Crippen molar-refractivity contribution in [2.45, 2.75) is 32.2 Å². The summed E-state index contributed by atoms with van der Waals surface area (Å²) in [5.41, 5.74) is 1.35. The van der Waals surface area contributed by atoms with E-state index in [9.17, 15) is 14.4 Å². The van der Waals surface area contributed by atoms with Crippen LogP contribution in [0.4, 0.5) is 11.4 Å². The predicted molar refractivity (Wildman–Crippen MR) is 82.4 cm³/mol. The van der Waals surface area contributed by atoms with E-state index in [2.05, 4.69) is 10.6 Å². The first-order valence-electron chi connectivity index (χ1n) is 7.51. The van der Waals surface area contributed by atoms with E-state index in [0.717, 1.165) is 12.8 Å². The lowest BCUT2D eigenvalue weighted by atomic mass is 10.1. The largest absolute Gasteiger partial charge is 0.353 e. The molecule has 2 aliphatic rings. The number of nitrogens with zero attached hydrogens (tertiary/aromatic N) is 1. The van der Waals surface area contributed by atoms with Gasteiger partial charge < -0.3 is 15.5 Å². The molecule has 1 atom stereocenters. The first-order valence-corrected chi connectivity index (χ1v) is 7.51. The fourth-order valence-corrected chi connectivity index (χ4v) is 2.63. The molecule has 1 aliphatic carbocycles. The molecule has 1 aromatic rings. The van der Waals surface area contributed by atoms with E-state index in [1.54, 1.807) is 23.1 Å². The number of carbonyl (C=O) groups excluding carboxylic acids is 3. The highest BCUT2D eigenvalue weighted by Gasteiger charge is 2.37. The maximum absolute atomic E-state index is 12.2. The third-order valence-corrected chi connectivity index (χ3v) is 3.90. The highest BCUT2D eigenvalue weighted by Crippen LogP contribution is 2.28. The Hall–Kier alpha value is -2.37. The fraction of sp³-hybridized carbons (Fsp3) is 0.438. The minimum Gasteiger partial charge on any atom is -0.353 e. The maximum atomic E-state index is 12.2. The van der Waals surface area contributed by atoms with Crippen LogP contribution in [0.3, 0.4) is 0 Å². The van der Waals surface area contributed by atoms with Crippen LogP contribution < -0.4 is 15.5 Å². The molecule has 1 aromatic carbocycles. The molecule has 6 nitrogen and oxygen atoms in total. The Kier molecular flexibility index (Phi) is 3.83. The Bertz CT molecular complexity index is 625. The van der Waals surface area contributed by atoms with Gasteiger partial charge in [-0.25, -0.2) is 0 Å². The number of hydrogen-bond donors (Lipinski definition) is 2. The van der Waals surface area contributed by atoms with E-state index in [1.807, 2.05) is 6.07 Å². The van der Waals surface area contributed by atoms with Gasteiger partial charge in [0.1, 0.15) is 0 Å². The smallest absolute Gasteiger partial charge is 0.227 e. The van der Waals surface area contributed by atoms with Gasteiger partial charge in [0.25, 0.3) is 0 Å². The van der Waals surface area contributed by atoms with Crippen molar-refractivity contribution in [3.05, 3.63) is 24.3 Å². The minimum absolute atomic E-state index is 0.0311. The molecule has 2 N–H and O–H groups in total. The summed E-state index contributed by atoms with van der Waals surface area (Å²) in [5.74, 6) is -0.545. The Morgan fingerprint density at radius 3 is 2.73 bits per heavy atom. The molecule has 1 saturated heterocycles. The van der Waals surface area contributed by atoms with Gasteiger partial charge in [0.2, 0.25) is 17.7 Å². The van der Waals surface area contributed by atoms with E-state index >= 15 is 0 Å². The van der Waals surface area contributed by atoms with Gasteiger partial charge in [0, 0.05) is 37.3 Å². The van der Waals surface area contributed by atoms with Gasteiger partial charge in [-0.2, -0.15) is 0 Å². The van der Waals surface area contributed by atoms with Gasteiger partial charge in [-0.1, -0.05) is 6.07 Å². The lowest BCUT2D eigenvalue weighted by Gasteiger charge is -2.17. The molecular weight excluding hydrogens is 282 g/mol. The fourth-order valence-electron chi connectivity index (χ4n) is 2.63. The number of nitrogens with one attached hydrogen (secondary N) is 2. The molecule has 1 aliphatic heterocycles. The number of carbonyl (C=O) groups is 3. The first kappa shape index (κ1) is 14.6. The lowest BCUT2D eigenvalue weighted by molar-refractivity contribution is -0.126. The highest BCUT2D eigenvalue weighted by atomic mass is 16.2. The molecule has 116 valence electrons. The standard InChI is InChI=1S/C16H19N3O3/c1-10(20)17-13-3-2-4-14(8-13)19-9-11(7-15(19)21)16(22)18-12-5-6-12/h2-4,8,11-12H,5-7,9H2,1H3,(H,17,20)(H,18,22). The molecule has 22 heavy (non-hydrogen) atoms. The van der Waals surface area contributed by atoms with Crippen molar-refractivity contribution in [2.24, 2.45) is 5.92 Å². The molecule has 1 heterocycles. The number of amides is 3. The van der Waals surface area contributed by atoms with E-state index in [0.29, 0.717) is 24.0 Å². The third-order valence-electron chi connectivity index (χ3n) is 3.90. The number of rotatable bonds is 4. The molecule has 6 heteroatoms. The quantitative estimate of drug-likeness (QED) is 0.879. The van der Waals surface area contributed by atoms with Gasteiger partial charge in [0.05, 0.1) is 5.92 Å². The van der Waals surface area contributed by atoms with Crippen molar-refractivity contribution in [1.82, 2.24) is 5.32 Å². The van der Waals surface area contributed by atoms with Crippen LogP contribution in [0.15, 0.2) is 24.3 Å². The monoisotopic (exact) mass is 301 g/mol. The summed E-state index contributed by atoms with van der Waals surface area (Å²) in [6.45, 7) is 1.83. The van der Waals surface area contributed by atoms with Crippen molar-refractivity contribution < 1.29 is 14.4 Å². The number of hydrogen-bond acceptors (Lipinski definition) is 3. The van der Waals surface area contributed by atoms with Crippen molar-refractivity contribution in [3.63, 3.8) is 0 Å². The normalized spacial score (nSPS) is 20.9. The second-order valence-corrected chi connectivity index (χ2v) is 5.92. The SMILES string of the molecule is CC(=O)Nc1cccc(N2CC(C(=O)NC3CC3)CC2=O)c1. The zero-order valence-electron chi connectivity index (χ0n) is 12.5.